The van der Waals surface area contributed by atoms with Crippen LogP contribution >= 0.6 is 23.5 Å². The fraction of sp³-hybridized carbons (Fsp3) is 0.765. The highest BCUT2D eigenvalue weighted by Gasteiger charge is 2.40. The molecule has 0 unspecified atom stereocenters. The predicted octanol–water partition coefficient (Wildman–Crippen LogP) is 2.21. The Hall–Kier alpha value is -0.620. The zero-order chi connectivity index (χ0) is 15.8. The first kappa shape index (κ1) is 15.9. The lowest BCUT2D eigenvalue weighted by atomic mass is 10.1. The predicted molar refractivity (Wildman–Crippen MR) is 95.4 cm³/mol. The lowest BCUT2D eigenvalue weighted by molar-refractivity contribution is -0.141. The number of thioether (sulfide) groups is 2. The first-order valence-corrected chi connectivity index (χ1v) is 11.0. The summed E-state index contributed by atoms with van der Waals surface area (Å²) in [6.45, 7) is 1.66. The maximum absolute atomic E-state index is 12.8. The van der Waals surface area contributed by atoms with E-state index >= 15 is 0 Å². The lowest BCUT2D eigenvalue weighted by Gasteiger charge is -2.31. The van der Waals surface area contributed by atoms with Gasteiger partial charge in [0.1, 0.15) is 6.04 Å². The van der Waals surface area contributed by atoms with Crippen LogP contribution in [0.3, 0.4) is 0 Å². The summed E-state index contributed by atoms with van der Waals surface area (Å²) in [4.78, 5) is 29.3. The number of hydrogen-bond donors (Lipinski definition) is 0. The maximum Gasteiger partial charge on any atom is 0.247 e. The topological polar surface area (TPSA) is 40.6 Å². The third-order valence-electron chi connectivity index (χ3n) is 5.16. The van der Waals surface area contributed by atoms with E-state index in [-0.39, 0.29) is 17.9 Å². The number of carbonyl (C=O) groups excluding carboxylic acids is 2. The summed E-state index contributed by atoms with van der Waals surface area (Å²) >= 11 is 3.61. The minimum Gasteiger partial charge on any atom is -0.339 e. The van der Waals surface area contributed by atoms with E-state index in [2.05, 4.69) is 0 Å². The average Bonchev–Trinajstić information content (AvgIpc) is 3.51. The largest absolute Gasteiger partial charge is 0.339 e. The van der Waals surface area contributed by atoms with Crippen LogP contribution in [0.1, 0.15) is 25.7 Å². The van der Waals surface area contributed by atoms with Crippen molar-refractivity contribution in [3.63, 3.8) is 0 Å². The molecule has 0 bridgehead atoms. The van der Waals surface area contributed by atoms with Crippen molar-refractivity contribution in [2.75, 3.05) is 36.2 Å². The molecular weight excluding hydrogens is 328 g/mol. The SMILES string of the molecule is O=C([C@H]1CSCN1C(=O)C=C(C1CC1)C1CC1)N1CCSCC1. The summed E-state index contributed by atoms with van der Waals surface area (Å²) in [7, 11) is 0. The van der Waals surface area contributed by atoms with Gasteiger partial charge in [0.2, 0.25) is 11.8 Å². The molecular formula is C17H24N2O2S2. The molecule has 0 aromatic rings. The number of nitrogens with zero attached hydrogens (tertiary/aromatic N) is 2. The van der Waals surface area contributed by atoms with E-state index in [0.29, 0.717) is 17.7 Å². The highest BCUT2D eigenvalue weighted by molar-refractivity contribution is 7.99. The van der Waals surface area contributed by atoms with E-state index in [4.69, 9.17) is 0 Å². The van der Waals surface area contributed by atoms with Gasteiger partial charge in [-0.2, -0.15) is 11.8 Å². The monoisotopic (exact) mass is 352 g/mol. The van der Waals surface area contributed by atoms with Crippen molar-refractivity contribution in [3.8, 4) is 0 Å². The summed E-state index contributed by atoms with van der Waals surface area (Å²) in [6, 6.07) is -0.244. The molecule has 4 rings (SSSR count). The molecule has 2 aliphatic carbocycles. The second-order valence-corrected chi connectivity index (χ2v) is 9.18. The molecule has 2 amide bonds. The number of carbonyl (C=O) groups is 2. The van der Waals surface area contributed by atoms with E-state index in [1.54, 1.807) is 11.8 Å². The van der Waals surface area contributed by atoms with Gasteiger partial charge in [0.05, 0.1) is 5.88 Å². The second-order valence-electron chi connectivity index (χ2n) is 6.95. The van der Waals surface area contributed by atoms with Crippen LogP contribution in [0.25, 0.3) is 0 Å². The van der Waals surface area contributed by atoms with Gasteiger partial charge in [-0.25, -0.2) is 0 Å². The number of amides is 2. The summed E-state index contributed by atoms with van der Waals surface area (Å²) < 4.78 is 0. The van der Waals surface area contributed by atoms with Crippen molar-refractivity contribution in [1.82, 2.24) is 9.80 Å². The average molecular weight is 353 g/mol. The molecule has 4 fully saturated rings. The molecule has 0 N–H and O–H groups in total. The standard InChI is InChI=1S/C17H24N2O2S2/c20-16(9-14(12-1-2-12)13-3-4-13)19-11-23-10-15(19)17(21)18-5-7-22-8-6-18/h9,12-13,15H,1-8,10-11H2/t15-/m1/s1. The van der Waals surface area contributed by atoms with E-state index in [0.717, 1.165) is 30.3 Å². The molecule has 1 atom stereocenters. The second kappa shape index (κ2) is 6.71. The Morgan fingerprint density at radius 2 is 1.61 bits per heavy atom. The summed E-state index contributed by atoms with van der Waals surface area (Å²) in [5, 5.41) is 0. The van der Waals surface area contributed by atoms with Gasteiger partial charge in [0, 0.05) is 36.4 Å². The van der Waals surface area contributed by atoms with Gasteiger partial charge in [0.15, 0.2) is 0 Å². The summed E-state index contributed by atoms with van der Waals surface area (Å²) in [5.41, 5.74) is 1.38. The molecule has 2 aliphatic heterocycles. The molecule has 6 heteroatoms. The van der Waals surface area contributed by atoms with Gasteiger partial charge in [-0.1, -0.05) is 5.57 Å². The van der Waals surface area contributed by atoms with Crippen LogP contribution < -0.4 is 0 Å². The molecule has 4 aliphatic rings. The van der Waals surface area contributed by atoms with Crippen LogP contribution in [0.2, 0.25) is 0 Å². The molecule has 2 saturated heterocycles. The zero-order valence-corrected chi connectivity index (χ0v) is 15.0. The van der Waals surface area contributed by atoms with E-state index in [9.17, 15) is 9.59 Å². The van der Waals surface area contributed by atoms with Crippen molar-refractivity contribution in [3.05, 3.63) is 11.6 Å². The Labute approximate surface area is 146 Å². The molecule has 0 spiro atoms. The molecule has 0 aromatic carbocycles. The summed E-state index contributed by atoms with van der Waals surface area (Å²) in [6.07, 6.45) is 6.89. The van der Waals surface area contributed by atoms with Crippen LogP contribution in [-0.4, -0.2) is 63.9 Å². The molecule has 0 aromatic heterocycles. The first-order valence-electron chi connectivity index (χ1n) is 8.70. The van der Waals surface area contributed by atoms with E-state index < -0.39 is 0 Å². The summed E-state index contributed by atoms with van der Waals surface area (Å²) in [5.74, 6) is 5.02. The Bertz CT molecular complexity index is 509. The van der Waals surface area contributed by atoms with Crippen LogP contribution in [0, 0.1) is 11.8 Å². The lowest BCUT2D eigenvalue weighted by Crippen LogP contribution is -2.50. The van der Waals surface area contributed by atoms with E-state index in [1.807, 2.05) is 27.6 Å². The Morgan fingerprint density at radius 3 is 2.22 bits per heavy atom. The highest BCUT2D eigenvalue weighted by Crippen LogP contribution is 2.48. The van der Waals surface area contributed by atoms with Crippen molar-refractivity contribution in [1.29, 1.82) is 0 Å². The molecule has 2 saturated carbocycles. The fourth-order valence-electron chi connectivity index (χ4n) is 3.49. The van der Waals surface area contributed by atoms with Gasteiger partial charge < -0.3 is 9.80 Å². The first-order chi connectivity index (χ1) is 11.2. The van der Waals surface area contributed by atoms with Crippen molar-refractivity contribution < 1.29 is 9.59 Å². The molecule has 23 heavy (non-hydrogen) atoms. The third kappa shape index (κ3) is 3.58. The normalized spacial score (nSPS) is 27.9. The van der Waals surface area contributed by atoms with Crippen LogP contribution in [0.15, 0.2) is 11.6 Å². The minimum absolute atomic E-state index is 0.0773. The molecule has 0 radical (unpaired) electrons. The van der Waals surface area contributed by atoms with E-state index in [1.165, 1.54) is 31.3 Å². The Morgan fingerprint density at radius 1 is 0.957 bits per heavy atom. The van der Waals surface area contributed by atoms with Crippen molar-refractivity contribution >= 4 is 35.3 Å². The van der Waals surface area contributed by atoms with Crippen molar-refractivity contribution in [2.45, 2.75) is 31.7 Å². The van der Waals surface area contributed by atoms with Gasteiger partial charge in [-0.3, -0.25) is 9.59 Å². The quantitative estimate of drug-likeness (QED) is 0.728. The van der Waals surface area contributed by atoms with Gasteiger partial charge in [0.25, 0.3) is 0 Å². The van der Waals surface area contributed by atoms with Crippen molar-refractivity contribution in [2.24, 2.45) is 11.8 Å². The number of rotatable bonds is 4. The number of hydrogen-bond acceptors (Lipinski definition) is 4. The molecule has 126 valence electrons. The minimum atomic E-state index is -0.244. The van der Waals surface area contributed by atoms with Crippen LogP contribution in [0.4, 0.5) is 0 Å². The smallest absolute Gasteiger partial charge is 0.247 e. The van der Waals surface area contributed by atoms with Gasteiger partial charge in [-0.15, -0.1) is 11.8 Å². The Balaban J connectivity index is 1.45. The number of allylic oxidation sites excluding steroid dienone is 1. The highest BCUT2D eigenvalue weighted by atomic mass is 32.2. The van der Waals surface area contributed by atoms with Crippen LogP contribution in [-0.2, 0) is 9.59 Å². The van der Waals surface area contributed by atoms with Gasteiger partial charge in [-0.05, 0) is 37.5 Å². The Kier molecular flexibility index (Phi) is 4.63. The third-order valence-corrected chi connectivity index (χ3v) is 7.12. The zero-order valence-electron chi connectivity index (χ0n) is 13.4. The molecule has 4 nitrogen and oxygen atoms in total. The van der Waals surface area contributed by atoms with Gasteiger partial charge >= 0.3 is 0 Å². The fourth-order valence-corrected chi connectivity index (χ4v) is 5.54. The maximum atomic E-state index is 12.8. The molecule has 2 heterocycles. The van der Waals surface area contributed by atoms with Crippen LogP contribution in [0.5, 0.6) is 0 Å².